The van der Waals surface area contributed by atoms with Crippen LogP contribution in [0.3, 0.4) is 0 Å². The second-order valence-electron chi connectivity index (χ2n) is 9.45. The molecule has 2 fully saturated rings. The number of hydrogen-bond donors (Lipinski definition) is 0. The van der Waals surface area contributed by atoms with E-state index in [-0.39, 0.29) is 11.7 Å². The van der Waals surface area contributed by atoms with Crippen molar-refractivity contribution in [2.75, 3.05) is 13.1 Å². The summed E-state index contributed by atoms with van der Waals surface area (Å²) in [7, 11) is 0. The molecule has 0 bridgehead atoms. The molecule has 0 N–H and O–H groups in total. The topological polar surface area (TPSA) is 38.1 Å². The zero-order valence-corrected chi connectivity index (χ0v) is 20.3. The zero-order valence-electron chi connectivity index (χ0n) is 18.8. The molecule has 1 unspecified atom stereocenters. The fourth-order valence-corrected chi connectivity index (χ4v) is 5.45. The molecule has 0 radical (unpaired) electrons. The number of nitrogens with zero attached hydrogens (tertiary/aromatic N) is 3. The maximum Gasteiger partial charge on any atom is 0.225 e. The average Bonchev–Trinajstić information content (AvgIpc) is 3.49. The fourth-order valence-electron chi connectivity index (χ4n) is 5.00. The van der Waals surface area contributed by atoms with Crippen LogP contribution in [-0.4, -0.2) is 33.4 Å². The molecule has 1 saturated heterocycles. The van der Waals surface area contributed by atoms with Crippen LogP contribution in [0.25, 0.3) is 33.5 Å². The molecule has 3 aromatic carbocycles. The van der Waals surface area contributed by atoms with Gasteiger partial charge in [-0.25, -0.2) is 9.37 Å². The third-order valence-electron chi connectivity index (χ3n) is 7.02. The first-order valence-electron chi connectivity index (χ1n) is 11.9. The van der Waals surface area contributed by atoms with E-state index in [1.165, 1.54) is 12.1 Å². The first kappa shape index (κ1) is 21.5. The van der Waals surface area contributed by atoms with Gasteiger partial charge in [-0.3, -0.25) is 4.79 Å². The standard InChI is InChI=1S/C28H25BrFN3O/c29-24-2-1-3-25-26(24)31-27(21-6-4-19(5-7-21)20-10-12-23(30)13-11-20)33(25)17-18-14-15-32(16-18)28(34)22-8-9-22/h1-7,10-13,18,22H,8-9,14-17H2. The van der Waals surface area contributed by atoms with Gasteiger partial charge in [-0.15, -0.1) is 0 Å². The lowest BCUT2D eigenvalue weighted by molar-refractivity contribution is -0.131. The van der Waals surface area contributed by atoms with Crippen LogP contribution in [0.15, 0.2) is 71.2 Å². The molecule has 6 heteroatoms. The Bertz CT molecular complexity index is 1360. The summed E-state index contributed by atoms with van der Waals surface area (Å²) < 4.78 is 16.6. The Hall–Kier alpha value is -2.99. The van der Waals surface area contributed by atoms with E-state index in [1.54, 1.807) is 12.1 Å². The Morgan fingerprint density at radius 3 is 2.32 bits per heavy atom. The van der Waals surface area contributed by atoms with E-state index in [9.17, 15) is 9.18 Å². The van der Waals surface area contributed by atoms with Gasteiger partial charge in [0.15, 0.2) is 0 Å². The van der Waals surface area contributed by atoms with Crippen molar-refractivity contribution >= 4 is 32.9 Å². The molecular formula is C28H25BrFN3O. The average molecular weight is 518 g/mol. The molecule has 172 valence electrons. The summed E-state index contributed by atoms with van der Waals surface area (Å²) in [5, 5.41) is 0. The summed E-state index contributed by atoms with van der Waals surface area (Å²) >= 11 is 3.67. The van der Waals surface area contributed by atoms with E-state index in [4.69, 9.17) is 4.98 Å². The highest BCUT2D eigenvalue weighted by Crippen LogP contribution is 2.35. The summed E-state index contributed by atoms with van der Waals surface area (Å²) in [6, 6.07) is 21.0. The normalized spacial score (nSPS) is 18.1. The lowest BCUT2D eigenvalue weighted by Gasteiger charge is -2.18. The van der Waals surface area contributed by atoms with Crippen LogP contribution in [0.4, 0.5) is 4.39 Å². The number of carbonyl (C=O) groups excluding carboxylic acids is 1. The van der Waals surface area contributed by atoms with E-state index in [0.717, 1.165) is 76.9 Å². The minimum Gasteiger partial charge on any atom is -0.342 e. The van der Waals surface area contributed by atoms with Crippen molar-refractivity contribution in [2.45, 2.75) is 25.8 Å². The van der Waals surface area contributed by atoms with Crippen LogP contribution in [0.2, 0.25) is 0 Å². The van der Waals surface area contributed by atoms with Crippen molar-refractivity contribution in [3.05, 3.63) is 77.0 Å². The molecule has 1 amide bonds. The summed E-state index contributed by atoms with van der Waals surface area (Å²) in [5.74, 6) is 1.73. The van der Waals surface area contributed by atoms with Gasteiger partial charge in [-0.05, 0) is 76.5 Å². The van der Waals surface area contributed by atoms with E-state index >= 15 is 0 Å². The second kappa shape index (κ2) is 8.66. The molecule has 1 atom stereocenters. The monoisotopic (exact) mass is 517 g/mol. The molecular weight excluding hydrogens is 493 g/mol. The third-order valence-corrected chi connectivity index (χ3v) is 7.66. The highest BCUT2D eigenvalue weighted by Gasteiger charge is 2.36. The maximum absolute atomic E-state index is 13.3. The second-order valence-corrected chi connectivity index (χ2v) is 10.3. The SMILES string of the molecule is O=C(C1CC1)N1CCC(Cn2c(-c3ccc(-c4ccc(F)cc4)cc3)nc3c(Br)cccc32)C1. The third kappa shape index (κ3) is 4.05. The Morgan fingerprint density at radius 2 is 1.62 bits per heavy atom. The van der Waals surface area contributed by atoms with Crippen LogP contribution in [0.5, 0.6) is 0 Å². The van der Waals surface area contributed by atoms with Crippen molar-refractivity contribution in [3.8, 4) is 22.5 Å². The van der Waals surface area contributed by atoms with Crippen molar-refractivity contribution in [1.29, 1.82) is 0 Å². The summed E-state index contributed by atoms with van der Waals surface area (Å²) in [6.45, 7) is 2.51. The number of rotatable bonds is 5. The van der Waals surface area contributed by atoms with Gasteiger partial charge >= 0.3 is 0 Å². The summed E-state index contributed by atoms with van der Waals surface area (Å²) in [4.78, 5) is 19.6. The maximum atomic E-state index is 13.3. The number of para-hydroxylation sites is 1. The van der Waals surface area contributed by atoms with E-state index in [1.807, 2.05) is 12.1 Å². The quantitative estimate of drug-likeness (QED) is 0.301. The largest absolute Gasteiger partial charge is 0.342 e. The number of hydrogen-bond acceptors (Lipinski definition) is 2. The Labute approximate surface area is 206 Å². The first-order valence-corrected chi connectivity index (χ1v) is 12.7. The van der Waals surface area contributed by atoms with Gasteiger partial charge in [-0.1, -0.05) is 42.5 Å². The number of fused-ring (bicyclic) bond motifs is 1. The van der Waals surface area contributed by atoms with Crippen LogP contribution >= 0.6 is 15.9 Å². The molecule has 4 aromatic rings. The summed E-state index contributed by atoms with van der Waals surface area (Å²) in [6.07, 6.45) is 3.13. The van der Waals surface area contributed by atoms with Crippen LogP contribution in [0, 0.1) is 17.7 Å². The van der Waals surface area contributed by atoms with Crippen LogP contribution in [-0.2, 0) is 11.3 Å². The van der Waals surface area contributed by atoms with Crippen molar-refractivity contribution in [3.63, 3.8) is 0 Å². The molecule has 1 aromatic heterocycles. The minimum atomic E-state index is -0.232. The first-order chi connectivity index (χ1) is 16.6. The van der Waals surface area contributed by atoms with Gasteiger partial charge in [-0.2, -0.15) is 0 Å². The van der Waals surface area contributed by atoms with Crippen molar-refractivity contribution < 1.29 is 9.18 Å². The molecule has 0 spiro atoms. The number of amides is 1. The zero-order chi connectivity index (χ0) is 23.2. The molecule has 2 heterocycles. The Morgan fingerprint density at radius 1 is 0.941 bits per heavy atom. The highest BCUT2D eigenvalue weighted by molar-refractivity contribution is 9.10. The number of likely N-dealkylation sites (tertiary alicyclic amines) is 1. The Balaban J connectivity index is 1.32. The minimum absolute atomic E-state index is 0.232. The van der Waals surface area contributed by atoms with Crippen molar-refractivity contribution in [2.24, 2.45) is 11.8 Å². The predicted octanol–water partition coefficient (Wildman–Crippen LogP) is 6.53. The lowest BCUT2D eigenvalue weighted by atomic mass is 10.0. The van der Waals surface area contributed by atoms with Crippen molar-refractivity contribution in [1.82, 2.24) is 14.5 Å². The van der Waals surface area contributed by atoms with E-state index < -0.39 is 0 Å². The molecule has 1 saturated carbocycles. The van der Waals surface area contributed by atoms with Gasteiger partial charge in [0, 0.05) is 35.6 Å². The van der Waals surface area contributed by atoms with Gasteiger partial charge in [0.2, 0.25) is 5.91 Å². The summed E-state index contributed by atoms with van der Waals surface area (Å²) in [5.41, 5.74) is 5.11. The molecule has 6 rings (SSSR count). The molecule has 1 aliphatic heterocycles. The molecule has 34 heavy (non-hydrogen) atoms. The number of carbonyl (C=O) groups is 1. The van der Waals surface area contributed by atoms with E-state index in [0.29, 0.717) is 11.8 Å². The lowest BCUT2D eigenvalue weighted by Crippen LogP contribution is -2.30. The number of aromatic nitrogens is 2. The van der Waals surface area contributed by atoms with Crippen LogP contribution in [0.1, 0.15) is 19.3 Å². The highest BCUT2D eigenvalue weighted by atomic mass is 79.9. The molecule has 2 aliphatic rings. The fraction of sp³-hybridized carbons (Fsp3) is 0.286. The van der Waals surface area contributed by atoms with Gasteiger partial charge in [0.25, 0.3) is 0 Å². The van der Waals surface area contributed by atoms with Gasteiger partial charge in [0.05, 0.1) is 5.52 Å². The van der Waals surface area contributed by atoms with Gasteiger partial charge < -0.3 is 9.47 Å². The predicted molar refractivity (Wildman–Crippen MR) is 136 cm³/mol. The number of imidazole rings is 1. The number of benzene rings is 3. The Kier molecular flexibility index (Phi) is 5.48. The molecule has 1 aliphatic carbocycles. The molecule has 4 nitrogen and oxygen atoms in total. The number of halogens is 2. The van der Waals surface area contributed by atoms with Gasteiger partial charge in [0.1, 0.15) is 17.2 Å². The smallest absolute Gasteiger partial charge is 0.225 e. The van der Waals surface area contributed by atoms with E-state index in [2.05, 4.69) is 55.7 Å². The van der Waals surface area contributed by atoms with Crippen LogP contribution < -0.4 is 0 Å².